The molecule has 1 aromatic heterocycles. The summed E-state index contributed by atoms with van der Waals surface area (Å²) in [4.78, 5) is 12.9. The molecule has 0 saturated heterocycles. The van der Waals surface area contributed by atoms with Crippen LogP contribution < -0.4 is 14.9 Å². The molecule has 0 aliphatic rings. The van der Waals surface area contributed by atoms with Crippen LogP contribution in [0.2, 0.25) is 0 Å². The number of H-pyrrole nitrogens is 1. The van der Waals surface area contributed by atoms with Crippen molar-refractivity contribution in [2.75, 3.05) is 26.6 Å². The van der Waals surface area contributed by atoms with Crippen LogP contribution in [0.5, 0.6) is 11.5 Å². The van der Waals surface area contributed by atoms with Gasteiger partial charge < -0.3 is 14.4 Å². The van der Waals surface area contributed by atoms with E-state index in [4.69, 9.17) is 9.47 Å². The molecule has 0 aliphatic carbocycles. The third-order valence-corrected chi connectivity index (χ3v) is 2.47. The second-order valence-electron chi connectivity index (χ2n) is 4.28. The summed E-state index contributed by atoms with van der Waals surface area (Å²) in [6.07, 6.45) is 1.05. The first kappa shape index (κ1) is 15.2. The van der Waals surface area contributed by atoms with Crippen LogP contribution in [0, 0.1) is 0 Å². The third kappa shape index (κ3) is 3.91. The highest BCUT2D eigenvalue weighted by Crippen LogP contribution is 2.28. The lowest BCUT2D eigenvalue weighted by molar-refractivity contribution is 0.170. The zero-order valence-corrected chi connectivity index (χ0v) is 12.3. The molecule has 116 valence electrons. The molecule has 2 rings (SSSR count). The number of aromatic amines is 1. The summed E-state index contributed by atoms with van der Waals surface area (Å²) < 4.78 is 10.4. The van der Waals surface area contributed by atoms with E-state index in [1.165, 1.54) is 18.2 Å². The van der Waals surface area contributed by atoms with E-state index >= 15 is 0 Å². The Kier molecular flexibility index (Phi) is 4.85. The molecule has 2 N–H and O–H groups in total. The second-order valence-corrected chi connectivity index (χ2v) is 4.28. The molecule has 10 nitrogen and oxygen atoms in total. The number of carbonyl (C=O) groups is 1. The summed E-state index contributed by atoms with van der Waals surface area (Å²) in [6.45, 7) is 0. The van der Waals surface area contributed by atoms with Gasteiger partial charge >= 0.3 is 6.09 Å². The second kappa shape index (κ2) is 7.02. The van der Waals surface area contributed by atoms with E-state index in [9.17, 15) is 4.79 Å². The predicted molar refractivity (Wildman–Crippen MR) is 78.1 cm³/mol. The van der Waals surface area contributed by atoms with E-state index in [2.05, 4.69) is 31.2 Å². The van der Waals surface area contributed by atoms with Crippen molar-refractivity contribution in [2.24, 2.45) is 5.10 Å². The Morgan fingerprint density at radius 1 is 1.41 bits per heavy atom. The molecule has 0 fully saturated rings. The van der Waals surface area contributed by atoms with Crippen molar-refractivity contribution in [2.45, 2.75) is 0 Å². The van der Waals surface area contributed by atoms with Gasteiger partial charge in [-0.25, -0.2) is 10.2 Å². The molecular weight excluding hydrogens is 290 g/mol. The van der Waals surface area contributed by atoms with Crippen molar-refractivity contribution in [1.82, 2.24) is 25.5 Å². The minimum atomic E-state index is -0.488. The molecule has 10 heteroatoms. The van der Waals surface area contributed by atoms with Gasteiger partial charge in [-0.05, 0) is 29.0 Å². The number of carbonyl (C=O) groups excluding carboxylic acids is 1. The fourth-order valence-electron chi connectivity index (χ4n) is 1.41. The number of anilines is 1. The number of amides is 1. The fraction of sp³-hybridized carbons (Fsp3) is 0.250. The molecule has 0 radical (unpaired) electrons. The van der Waals surface area contributed by atoms with Gasteiger partial charge in [0.2, 0.25) is 0 Å². The predicted octanol–water partition coefficient (Wildman–Crippen LogP) is 0.715. The van der Waals surface area contributed by atoms with Crippen molar-refractivity contribution in [3.63, 3.8) is 0 Å². The van der Waals surface area contributed by atoms with Crippen molar-refractivity contribution in [3.05, 3.63) is 23.8 Å². The van der Waals surface area contributed by atoms with Crippen LogP contribution in [0.4, 0.5) is 10.7 Å². The van der Waals surface area contributed by atoms with Gasteiger partial charge in [0.1, 0.15) is 0 Å². The Hall–Kier alpha value is -3.17. The Morgan fingerprint density at radius 2 is 2.23 bits per heavy atom. The summed E-state index contributed by atoms with van der Waals surface area (Å²) in [5.74, 6) is 0.989. The molecule has 1 aromatic carbocycles. The maximum atomic E-state index is 11.6. The van der Waals surface area contributed by atoms with Crippen molar-refractivity contribution < 1.29 is 14.3 Å². The number of hydrogen-bond acceptors (Lipinski definition) is 8. The lowest BCUT2D eigenvalue weighted by Gasteiger charge is -2.13. The SMILES string of the molecule is COc1cc(/C=N/Nc2nn[nH]n2)ccc1OC(=O)N(C)C. The Balaban J connectivity index is 2.07. The maximum Gasteiger partial charge on any atom is 0.414 e. The topological polar surface area (TPSA) is 118 Å². The van der Waals surface area contributed by atoms with E-state index in [1.807, 2.05) is 0 Å². The van der Waals surface area contributed by atoms with Gasteiger partial charge in [0.25, 0.3) is 5.95 Å². The van der Waals surface area contributed by atoms with Gasteiger partial charge in [0.15, 0.2) is 11.5 Å². The van der Waals surface area contributed by atoms with Gasteiger partial charge in [-0.2, -0.15) is 10.3 Å². The van der Waals surface area contributed by atoms with E-state index in [0.29, 0.717) is 11.5 Å². The molecule has 0 unspecified atom stereocenters. The standard InChI is InChI=1S/C12H15N7O3/c1-19(2)12(20)22-9-5-4-8(6-10(9)21-3)7-13-14-11-15-17-18-16-11/h4-7H,1-3H3,(H2,14,15,16,17,18)/b13-7+. The highest BCUT2D eigenvalue weighted by Gasteiger charge is 2.11. The number of methoxy groups -OCH3 is 1. The lowest BCUT2D eigenvalue weighted by Crippen LogP contribution is -2.25. The van der Waals surface area contributed by atoms with Crippen LogP contribution in [0.25, 0.3) is 0 Å². The van der Waals surface area contributed by atoms with Crippen molar-refractivity contribution in [3.8, 4) is 11.5 Å². The van der Waals surface area contributed by atoms with Crippen LogP contribution >= 0.6 is 0 Å². The third-order valence-electron chi connectivity index (χ3n) is 2.47. The van der Waals surface area contributed by atoms with E-state index in [-0.39, 0.29) is 5.95 Å². The summed E-state index contributed by atoms with van der Waals surface area (Å²) >= 11 is 0. The van der Waals surface area contributed by atoms with Crippen molar-refractivity contribution >= 4 is 18.3 Å². The summed E-state index contributed by atoms with van der Waals surface area (Å²) in [5, 5.41) is 17.0. The number of hydrazone groups is 1. The van der Waals surface area contributed by atoms with Crippen LogP contribution in [0.1, 0.15) is 5.56 Å². The van der Waals surface area contributed by atoms with E-state index in [1.54, 1.807) is 32.3 Å². The van der Waals surface area contributed by atoms with Crippen LogP contribution in [0.3, 0.4) is 0 Å². The maximum absolute atomic E-state index is 11.6. The highest BCUT2D eigenvalue weighted by molar-refractivity contribution is 5.82. The average molecular weight is 305 g/mol. The molecule has 0 saturated carbocycles. The number of hydrogen-bond donors (Lipinski definition) is 2. The quantitative estimate of drug-likeness (QED) is 0.617. The molecule has 2 aromatic rings. The molecule has 1 amide bonds. The number of ether oxygens (including phenoxy) is 2. The largest absolute Gasteiger partial charge is 0.493 e. The summed E-state index contributed by atoms with van der Waals surface area (Å²) in [6, 6.07) is 5.03. The Labute approximate surface area is 126 Å². The number of tetrazole rings is 1. The first-order valence-corrected chi connectivity index (χ1v) is 6.20. The molecule has 1 heterocycles. The smallest absolute Gasteiger partial charge is 0.414 e. The Morgan fingerprint density at radius 3 is 2.86 bits per heavy atom. The monoisotopic (exact) mass is 305 g/mol. The number of rotatable bonds is 5. The molecular formula is C12H15N7O3. The minimum Gasteiger partial charge on any atom is -0.493 e. The van der Waals surface area contributed by atoms with Gasteiger partial charge in [-0.15, -0.1) is 5.10 Å². The van der Waals surface area contributed by atoms with Crippen LogP contribution in [-0.4, -0.2) is 59.0 Å². The summed E-state index contributed by atoms with van der Waals surface area (Å²) in [5.41, 5.74) is 3.33. The number of nitrogens with one attached hydrogen (secondary N) is 2. The van der Waals surface area contributed by atoms with Gasteiger partial charge in [-0.3, -0.25) is 0 Å². The molecule has 0 spiro atoms. The van der Waals surface area contributed by atoms with Gasteiger partial charge in [0.05, 0.1) is 13.3 Å². The lowest BCUT2D eigenvalue weighted by atomic mass is 10.2. The highest BCUT2D eigenvalue weighted by atomic mass is 16.6. The minimum absolute atomic E-state index is 0.250. The number of benzene rings is 1. The first-order valence-electron chi connectivity index (χ1n) is 6.20. The fourth-order valence-corrected chi connectivity index (χ4v) is 1.41. The number of nitrogens with zero attached hydrogens (tertiary/aromatic N) is 5. The molecule has 0 bridgehead atoms. The summed E-state index contributed by atoms with van der Waals surface area (Å²) in [7, 11) is 4.68. The first-order chi connectivity index (χ1) is 10.6. The van der Waals surface area contributed by atoms with Crippen molar-refractivity contribution in [1.29, 1.82) is 0 Å². The van der Waals surface area contributed by atoms with Gasteiger partial charge in [0, 0.05) is 14.1 Å². The molecule has 0 atom stereocenters. The average Bonchev–Trinajstić information content (AvgIpc) is 3.01. The number of aromatic nitrogens is 4. The molecule has 22 heavy (non-hydrogen) atoms. The molecule has 0 aliphatic heterocycles. The van der Waals surface area contributed by atoms with Crippen LogP contribution in [0.15, 0.2) is 23.3 Å². The van der Waals surface area contributed by atoms with E-state index in [0.717, 1.165) is 5.56 Å². The zero-order chi connectivity index (χ0) is 15.9. The Bertz CT molecular complexity index is 655. The van der Waals surface area contributed by atoms with Gasteiger partial charge in [-0.1, -0.05) is 5.10 Å². The van der Waals surface area contributed by atoms with E-state index < -0.39 is 6.09 Å². The zero-order valence-electron chi connectivity index (χ0n) is 12.3. The normalized spacial score (nSPS) is 10.5. The van der Waals surface area contributed by atoms with Crippen LogP contribution in [-0.2, 0) is 0 Å².